The molecule has 1 nitrogen and oxygen atoms in total. The number of fused-ring (bicyclic) bond motifs is 9. The van der Waals surface area contributed by atoms with E-state index in [1.54, 1.807) is 0 Å². The molecule has 1 heterocycles. The Bertz CT molecular complexity index is 3050. The van der Waals surface area contributed by atoms with Gasteiger partial charge in [-0.3, -0.25) is 0 Å². The molecule has 0 saturated carbocycles. The fraction of sp³-hybridized carbons (Fsp3) is 0.0400. The number of hydrogen-bond acceptors (Lipinski definition) is 1. The van der Waals surface area contributed by atoms with Crippen LogP contribution < -0.4 is 0 Å². The van der Waals surface area contributed by atoms with Crippen molar-refractivity contribution in [3.05, 3.63) is 181 Å². The van der Waals surface area contributed by atoms with Crippen LogP contribution in [0.4, 0.5) is 0 Å². The maximum Gasteiger partial charge on any atom is 0.135 e. The summed E-state index contributed by atoms with van der Waals surface area (Å²) in [6.45, 7) is 2.33. The lowest BCUT2D eigenvalue weighted by Crippen LogP contribution is -1.93. The second-order valence-electron chi connectivity index (χ2n) is 14.0. The third kappa shape index (κ3) is 4.22. The van der Waals surface area contributed by atoms with Gasteiger partial charge in [0.1, 0.15) is 11.2 Å². The molecule has 51 heavy (non-hydrogen) atoms. The number of hydrogen-bond donors (Lipinski definition) is 0. The van der Waals surface area contributed by atoms with Crippen LogP contribution in [-0.4, -0.2) is 0 Å². The predicted molar refractivity (Wildman–Crippen MR) is 215 cm³/mol. The summed E-state index contributed by atoms with van der Waals surface area (Å²) in [7, 11) is 0. The molecule has 1 unspecified atom stereocenters. The monoisotopic (exact) mass is 648 g/mol. The van der Waals surface area contributed by atoms with E-state index in [0.717, 1.165) is 21.9 Å². The van der Waals surface area contributed by atoms with Gasteiger partial charge >= 0.3 is 0 Å². The van der Waals surface area contributed by atoms with E-state index < -0.39 is 0 Å². The van der Waals surface area contributed by atoms with Crippen LogP contribution in [0.2, 0.25) is 0 Å². The molecule has 0 N–H and O–H groups in total. The second-order valence-corrected chi connectivity index (χ2v) is 14.0. The Labute approximate surface area is 296 Å². The molecule has 0 fully saturated rings. The molecular weight excluding hydrogens is 617 g/mol. The first-order chi connectivity index (χ1) is 25.2. The van der Waals surface area contributed by atoms with Crippen LogP contribution in [0.15, 0.2) is 174 Å². The van der Waals surface area contributed by atoms with Gasteiger partial charge in [0.15, 0.2) is 0 Å². The molecule has 10 aromatic rings. The highest BCUT2D eigenvalue weighted by molar-refractivity contribution is 6.23. The average Bonchev–Trinajstić information content (AvgIpc) is 3.70. The van der Waals surface area contributed by atoms with Crippen LogP contribution in [0.5, 0.6) is 0 Å². The zero-order valence-corrected chi connectivity index (χ0v) is 28.2. The minimum Gasteiger partial charge on any atom is -0.456 e. The smallest absolute Gasteiger partial charge is 0.135 e. The van der Waals surface area contributed by atoms with Crippen molar-refractivity contribution in [1.29, 1.82) is 0 Å². The van der Waals surface area contributed by atoms with Crippen molar-refractivity contribution in [2.75, 3.05) is 0 Å². The van der Waals surface area contributed by atoms with Crippen molar-refractivity contribution in [3.8, 4) is 44.5 Å². The summed E-state index contributed by atoms with van der Waals surface area (Å²) >= 11 is 0. The molecule has 1 aromatic heterocycles. The van der Waals surface area contributed by atoms with Crippen molar-refractivity contribution in [2.24, 2.45) is 0 Å². The summed E-state index contributed by atoms with van der Waals surface area (Å²) < 4.78 is 6.26. The minimum atomic E-state index is 0.384. The maximum absolute atomic E-state index is 6.26. The lowest BCUT2D eigenvalue weighted by molar-refractivity contribution is 0.669. The normalized spacial score (nSPS) is 13.8. The van der Waals surface area contributed by atoms with Crippen LogP contribution in [0, 0.1) is 0 Å². The van der Waals surface area contributed by atoms with E-state index in [1.165, 1.54) is 88.0 Å². The first kappa shape index (κ1) is 28.4. The van der Waals surface area contributed by atoms with E-state index in [4.69, 9.17) is 4.42 Å². The van der Waals surface area contributed by atoms with Crippen LogP contribution in [0.25, 0.3) is 98.8 Å². The molecule has 1 aliphatic rings. The maximum atomic E-state index is 6.26. The molecule has 0 amide bonds. The topological polar surface area (TPSA) is 13.1 Å². The van der Waals surface area contributed by atoms with Crippen LogP contribution in [-0.2, 0) is 0 Å². The summed E-state index contributed by atoms with van der Waals surface area (Å²) in [6.07, 6.45) is 0. The molecule has 1 heteroatoms. The van der Waals surface area contributed by atoms with Gasteiger partial charge in [0.05, 0.1) is 0 Å². The van der Waals surface area contributed by atoms with Crippen LogP contribution in [0.3, 0.4) is 0 Å². The highest BCUT2D eigenvalue weighted by atomic mass is 16.3. The van der Waals surface area contributed by atoms with Gasteiger partial charge < -0.3 is 4.42 Å². The Hall–Kier alpha value is -6.44. The molecule has 0 aliphatic heterocycles. The Morgan fingerprint density at radius 1 is 0.353 bits per heavy atom. The summed E-state index contributed by atoms with van der Waals surface area (Å²) in [5, 5.41) is 9.80. The summed E-state index contributed by atoms with van der Waals surface area (Å²) in [4.78, 5) is 0. The lowest BCUT2D eigenvalue weighted by Gasteiger charge is -2.19. The van der Waals surface area contributed by atoms with Crippen molar-refractivity contribution < 1.29 is 4.42 Å². The standard InChI is InChI=1S/C50H32O/c1-30-37-12-4-5-13-39(37)44-28-35(21-23-38(30)44)50-42-16-7-6-15-41(42)49(36-22-25-48-45(29-36)40-14-8-9-17-47(40)51-48)43-24-20-34(27-46(43)50)33-19-18-31-10-2-3-11-32(31)26-33/h2-30H,1H3. The fourth-order valence-corrected chi connectivity index (χ4v) is 8.84. The Morgan fingerprint density at radius 2 is 0.922 bits per heavy atom. The summed E-state index contributed by atoms with van der Waals surface area (Å²) in [5.41, 5.74) is 14.8. The molecule has 238 valence electrons. The van der Waals surface area contributed by atoms with Gasteiger partial charge in [-0.2, -0.15) is 0 Å². The minimum absolute atomic E-state index is 0.384. The van der Waals surface area contributed by atoms with Crippen LogP contribution >= 0.6 is 0 Å². The third-order valence-corrected chi connectivity index (χ3v) is 11.3. The molecule has 11 rings (SSSR count). The quantitative estimate of drug-likeness (QED) is 0.174. The van der Waals surface area contributed by atoms with Crippen molar-refractivity contribution in [3.63, 3.8) is 0 Å². The second kappa shape index (κ2) is 10.8. The Balaban J connectivity index is 1.23. The van der Waals surface area contributed by atoms with Gasteiger partial charge in [-0.05, 0) is 124 Å². The SMILES string of the molecule is CC1c2ccccc2-c2cc(-c3c4ccccc4c(-c4ccc5oc6ccccc6c5c4)c4ccc(-c5ccc6ccccc6c5)cc34)ccc21. The summed E-state index contributed by atoms with van der Waals surface area (Å²) in [6, 6.07) is 62.6. The van der Waals surface area contributed by atoms with Gasteiger partial charge in [-0.1, -0.05) is 140 Å². The zero-order chi connectivity index (χ0) is 33.6. The molecular formula is C50H32O. The highest BCUT2D eigenvalue weighted by Crippen LogP contribution is 2.49. The van der Waals surface area contributed by atoms with E-state index in [9.17, 15) is 0 Å². The first-order valence-corrected chi connectivity index (χ1v) is 17.8. The Morgan fingerprint density at radius 3 is 1.80 bits per heavy atom. The fourth-order valence-electron chi connectivity index (χ4n) is 8.84. The molecule has 0 spiro atoms. The van der Waals surface area contributed by atoms with Gasteiger partial charge in [-0.15, -0.1) is 0 Å². The molecule has 0 radical (unpaired) electrons. The zero-order valence-electron chi connectivity index (χ0n) is 28.2. The number of para-hydroxylation sites is 1. The highest BCUT2D eigenvalue weighted by Gasteiger charge is 2.26. The van der Waals surface area contributed by atoms with Gasteiger partial charge in [-0.25, -0.2) is 0 Å². The van der Waals surface area contributed by atoms with Crippen molar-refractivity contribution in [1.82, 2.24) is 0 Å². The van der Waals surface area contributed by atoms with E-state index in [2.05, 4.69) is 171 Å². The molecule has 9 aromatic carbocycles. The van der Waals surface area contributed by atoms with E-state index in [-0.39, 0.29) is 0 Å². The van der Waals surface area contributed by atoms with E-state index in [1.807, 2.05) is 6.07 Å². The van der Waals surface area contributed by atoms with E-state index >= 15 is 0 Å². The molecule has 0 saturated heterocycles. The molecule has 0 bridgehead atoms. The van der Waals surface area contributed by atoms with Crippen molar-refractivity contribution >= 4 is 54.3 Å². The van der Waals surface area contributed by atoms with Crippen molar-refractivity contribution in [2.45, 2.75) is 12.8 Å². The predicted octanol–water partition coefficient (Wildman–Crippen LogP) is 14.2. The van der Waals surface area contributed by atoms with Crippen LogP contribution in [0.1, 0.15) is 24.0 Å². The van der Waals surface area contributed by atoms with Gasteiger partial charge in [0, 0.05) is 16.7 Å². The number of benzene rings is 9. The average molecular weight is 649 g/mol. The largest absolute Gasteiger partial charge is 0.456 e. The number of furan rings is 1. The Kier molecular flexibility index (Phi) is 6.00. The van der Waals surface area contributed by atoms with Gasteiger partial charge in [0.25, 0.3) is 0 Å². The lowest BCUT2D eigenvalue weighted by atomic mass is 9.84. The molecule has 1 atom stereocenters. The summed E-state index contributed by atoms with van der Waals surface area (Å²) in [5.74, 6) is 0.384. The molecule has 1 aliphatic carbocycles. The van der Waals surface area contributed by atoms with E-state index in [0.29, 0.717) is 5.92 Å². The first-order valence-electron chi connectivity index (χ1n) is 17.8. The van der Waals surface area contributed by atoms with Gasteiger partial charge in [0.2, 0.25) is 0 Å². The number of rotatable bonds is 3. The third-order valence-electron chi connectivity index (χ3n) is 11.3.